The maximum absolute atomic E-state index is 9.27. The van der Waals surface area contributed by atoms with E-state index in [1.165, 1.54) is 0 Å². The van der Waals surface area contributed by atoms with Crippen LogP contribution in [0.1, 0.15) is 11.5 Å². The molecule has 0 aromatic heterocycles. The topological polar surface area (TPSA) is 84.9 Å². The molecule has 0 fully saturated rings. The smallest absolute Gasteiger partial charge is 0.231 e. The lowest BCUT2D eigenvalue weighted by Crippen LogP contribution is -2.34. The summed E-state index contributed by atoms with van der Waals surface area (Å²) in [6.07, 6.45) is 0. The summed E-state index contributed by atoms with van der Waals surface area (Å²) in [4.78, 5) is 0. The minimum atomic E-state index is -0.481. The van der Waals surface area contributed by atoms with Crippen molar-refractivity contribution in [3.63, 3.8) is 0 Å². The van der Waals surface area contributed by atoms with Crippen molar-refractivity contribution < 1.29 is 19.7 Å². The van der Waals surface area contributed by atoms with Gasteiger partial charge in [0.1, 0.15) is 0 Å². The molecule has 4 N–H and O–H groups in total. The molecule has 5 nitrogen and oxygen atoms in total. The third-order valence-electron chi connectivity index (χ3n) is 2.75. The van der Waals surface area contributed by atoms with Crippen LogP contribution < -0.4 is 15.2 Å². The van der Waals surface area contributed by atoms with Gasteiger partial charge in [-0.1, -0.05) is 6.07 Å². The van der Waals surface area contributed by atoms with Gasteiger partial charge in [0.15, 0.2) is 11.5 Å². The monoisotopic (exact) mass is 225 g/mol. The maximum Gasteiger partial charge on any atom is 0.231 e. The zero-order chi connectivity index (χ0) is 11.5. The van der Waals surface area contributed by atoms with Crippen molar-refractivity contribution >= 4 is 0 Å². The van der Waals surface area contributed by atoms with E-state index in [-0.39, 0.29) is 25.9 Å². The molecule has 0 radical (unpaired) electrons. The van der Waals surface area contributed by atoms with E-state index in [9.17, 15) is 5.11 Å². The fraction of sp³-hybridized carbons (Fsp3) is 0.455. The van der Waals surface area contributed by atoms with Crippen LogP contribution in [0, 0.1) is 0 Å². The van der Waals surface area contributed by atoms with Crippen LogP contribution in [0.5, 0.6) is 11.5 Å². The summed E-state index contributed by atoms with van der Waals surface area (Å²) >= 11 is 0. The lowest BCUT2D eigenvalue weighted by atomic mass is 9.93. The van der Waals surface area contributed by atoms with Gasteiger partial charge in [-0.05, 0) is 17.7 Å². The van der Waals surface area contributed by atoms with Crippen LogP contribution in [-0.2, 0) is 0 Å². The number of aliphatic hydroxyl groups is 2. The minimum Gasteiger partial charge on any atom is -0.454 e. The average molecular weight is 225 g/mol. The summed E-state index contributed by atoms with van der Waals surface area (Å²) in [5.74, 6) is 1.05. The van der Waals surface area contributed by atoms with Gasteiger partial charge in [-0.25, -0.2) is 0 Å². The molecule has 1 heterocycles. The predicted molar refractivity (Wildman–Crippen MR) is 57.5 cm³/mol. The highest BCUT2D eigenvalue weighted by atomic mass is 16.7. The molecule has 0 saturated heterocycles. The van der Waals surface area contributed by atoms with Crippen LogP contribution in [0.2, 0.25) is 0 Å². The molecule has 88 valence electrons. The van der Waals surface area contributed by atoms with Gasteiger partial charge in [0.05, 0.1) is 13.2 Å². The Kier molecular flexibility index (Phi) is 3.28. The number of hydrogen-bond acceptors (Lipinski definition) is 5. The highest BCUT2D eigenvalue weighted by Crippen LogP contribution is 2.35. The maximum atomic E-state index is 9.27. The van der Waals surface area contributed by atoms with Crippen LogP contribution in [0.4, 0.5) is 0 Å². The first-order valence-electron chi connectivity index (χ1n) is 5.13. The standard InChI is InChI=1S/C11H15NO4/c12-9(5-14)8(4-13)7-1-2-10-11(3-7)16-6-15-10/h1-3,8-9,13-14H,4-6,12H2/t8-,9+/m1/s1. The summed E-state index contributed by atoms with van der Waals surface area (Å²) in [5, 5.41) is 18.3. The van der Waals surface area contributed by atoms with Crippen molar-refractivity contribution in [2.24, 2.45) is 5.73 Å². The fourth-order valence-electron chi connectivity index (χ4n) is 1.76. The molecule has 0 aliphatic carbocycles. The Balaban J connectivity index is 2.25. The molecule has 1 aliphatic rings. The highest BCUT2D eigenvalue weighted by Gasteiger charge is 2.21. The Labute approximate surface area is 93.4 Å². The number of ether oxygens (including phenoxy) is 2. The third kappa shape index (κ3) is 1.97. The van der Waals surface area contributed by atoms with E-state index in [4.69, 9.17) is 20.3 Å². The summed E-state index contributed by atoms with van der Waals surface area (Å²) in [7, 11) is 0. The van der Waals surface area contributed by atoms with Crippen molar-refractivity contribution in [3.8, 4) is 11.5 Å². The van der Waals surface area contributed by atoms with E-state index in [1.807, 2.05) is 6.07 Å². The Hall–Kier alpha value is -1.30. The Morgan fingerprint density at radius 3 is 2.62 bits per heavy atom. The first-order valence-corrected chi connectivity index (χ1v) is 5.13. The van der Waals surface area contributed by atoms with E-state index in [2.05, 4.69) is 0 Å². The van der Waals surface area contributed by atoms with Gasteiger partial charge in [0.2, 0.25) is 6.79 Å². The molecule has 1 aromatic carbocycles. The molecule has 0 bridgehead atoms. The number of rotatable bonds is 4. The van der Waals surface area contributed by atoms with Crippen molar-refractivity contribution in [1.82, 2.24) is 0 Å². The van der Waals surface area contributed by atoms with Gasteiger partial charge in [-0.3, -0.25) is 0 Å². The highest BCUT2D eigenvalue weighted by molar-refractivity contribution is 5.45. The van der Waals surface area contributed by atoms with Gasteiger partial charge < -0.3 is 25.4 Å². The van der Waals surface area contributed by atoms with Gasteiger partial charge in [0, 0.05) is 12.0 Å². The molecule has 0 unspecified atom stereocenters. The van der Waals surface area contributed by atoms with Crippen LogP contribution >= 0.6 is 0 Å². The van der Waals surface area contributed by atoms with Crippen molar-refractivity contribution in [1.29, 1.82) is 0 Å². The van der Waals surface area contributed by atoms with Crippen LogP contribution in [0.3, 0.4) is 0 Å². The van der Waals surface area contributed by atoms with E-state index < -0.39 is 6.04 Å². The number of benzene rings is 1. The zero-order valence-corrected chi connectivity index (χ0v) is 8.80. The molecule has 0 amide bonds. The van der Waals surface area contributed by atoms with Crippen molar-refractivity contribution in [2.45, 2.75) is 12.0 Å². The number of fused-ring (bicyclic) bond motifs is 1. The van der Waals surface area contributed by atoms with Crippen molar-refractivity contribution in [3.05, 3.63) is 23.8 Å². The molecule has 2 atom stereocenters. The lowest BCUT2D eigenvalue weighted by molar-refractivity contribution is 0.173. The second kappa shape index (κ2) is 4.69. The summed E-state index contributed by atoms with van der Waals surface area (Å²) in [6, 6.07) is 4.91. The number of aliphatic hydroxyl groups excluding tert-OH is 2. The van der Waals surface area contributed by atoms with E-state index in [0.29, 0.717) is 11.5 Å². The van der Waals surface area contributed by atoms with Crippen molar-refractivity contribution in [2.75, 3.05) is 20.0 Å². The zero-order valence-electron chi connectivity index (χ0n) is 8.80. The third-order valence-corrected chi connectivity index (χ3v) is 2.75. The van der Waals surface area contributed by atoms with E-state index >= 15 is 0 Å². The molecule has 0 saturated carbocycles. The Morgan fingerprint density at radius 1 is 1.19 bits per heavy atom. The molecule has 16 heavy (non-hydrogen) atoms. The molecule has 0 spiro atoms. The van der Waals surface area contributed by atoms with Gasteiger partial charge in [-0.15, -0.1) is 0 Å². The number of nitrogens with two attached hydrogens (primary N) is 1. The predicted octanol–water partition coefficient (Wildman–Crippen LogP) is -0.189. The van der Waals surface area contributed by atoms with Crippen LogP contribution in [0.15, 0.2) is 18.2 Å². The second-order valence-electron chi connectivity index (χ2n) is 3.75. The van der Waals surface area contributed by atoms with Crippen LogP contribution in [-0.4, -0.2) is 36.3 Å². The SMILES string of the molecule is N[C@@H](CO)[C@H](CO)c1ccc2c(c1)OCO2. The first-order chi connectivity index (χ1) is 7.76. The lowest BCUT2D eigenvalue weighted by Gasteiger charge is -2.20. The second-order valence-corrected chi connectivity index (χ2v) is 3.75. The van der Waals surface area contributed by atoms with Gasteiger partial charge in [0.25, 0.3) is 0 Å². The quantitative estimate of drug-likeness (QED) is 0.661. The molecule has 1 aliphatic heterocycles. The molecule has 5 heteroatoms. The van der Waals surface area contributed by atoms with Crippen LogP contribution in [0.25, 0.3) is 0 Å². The molecule has 1 aromatic rings. The largest absolute Gasteiger partial charge is 0.454 e. The summed E-state index contributed by atoms with van der Waals surface area (Å²) in [5.41, 5.74) is 6.56. The number of hydrogen-bond donors (Lipinski definition) is 3. The Morgan fingerprint density at radius 2 is 1.94 bits per heavy atom. The molecule has 2 rings (SSSR count). The van der Waals surface area contributed by atoms with E-state index in [1.54, 1.807) is 12.1 Å². The minimum absolute atomic E-state index is 0.110. The Bertz CT molecular complexity index is 369. The van der Waals surface area contributed by atoms with Gasteiger partial charge in [-0.2, -0.15) is 0 Å². The van der Waals surface area contributed by atoms with E-state index in [0.717, 1.165) is 5.56 Å². The summed E-state index contributed by atoms with van der Waals surface area (Å²) < 4.78 is 10.4. The first kappa shape index (κ1) is 11.2. The fourth-order valence-corrected chi connectivity index (χ4v) is 1.76. The molecular weight excluding hydrogens is 210 g/mol. The summed E-state index contributed by atoms with van der Waals surface area (Å²) in [6.45, 7) is -0.0599. The molecular formula is C11H15NO4. The van der Waals surface area contributed by atoms with Gasteiger partial charge >= 0.3 is 0 Å². The normalized spacial score (nSPS) is 17.2. The average Bonchev–Trinajstić information content (AvgIpc) is 2.77.